The molecule has 1 heterocycles. The maximum Gasteiger partial charge on any atom is 0.215 e. The fraction of sp³-hybridized carbons (Fsp3) is 0.333. The van der Waals surface area contributed by atoms with Crippen LogP contribution >= 0.6 is 9.03 Å². The van der Waals surface area contributed by atoms with Crippen molar-refractivity contribution in [1.82, 2.24) is 0 Å². The number of benzene rings is 1. The van der Waals surface area contributed by atoms with Crippen LogP contribution in [0.2, 0.25) is 0 Å². The molecule has 0 saturated carbocycles. The van der Waals surface area contributed by atoms with E-state index in [0.29, 0.717) is 6.61 Å². The molecule has 0 N–H and O–H groups in total. The fourth-order valence-electron chi connectivity index (χ4n) is 0.904. The Morgan fingerprint density at radius 1 is 1.23 bits per heavy atom. The Morgan fingerprint density at radius 3 is 2.62 bits per heavy atom. The van der Waals surface area contributed by atoms with Gasteiger partial charge < -0.3 is 9.05 Å². The summed E-state index contributed by atoms with van der Waals surface area (Å²) < 4.78 is 10.3. The molecule has 0 saturated heterocycles. The van der Waals surface area contributed by atoms with Crippen LogP contribution in [0.15, 0.2) is 24.3 Å². The van der Waals surface area contributed by atoms with Crippen molar-refractivity contribution in [2.24, 2.45) is 0 Å². The molecule has 2 nitrogen and oxygen atoms in total. The summed E-state index contributed by atoms with van der Waals surface area (Å²) in [6.45, 7) is 4.69. The van der Waals surface area contributed by atoms with Gasteiger partial charge in [0.1, 0.15) is 5.75 Å². The van der Waals surface area contributed by atoms with E-state index >= 15 is 0 Å². The first kappa shape index (κ1) is 13.5. The molecule has 1 unspecified atom stereocenters. The molecule has 1 radical (unpaired) electrons. The Balaban J connectivity index is 0.000000451. The van der Waals surface area contributed by atoms with Gasteiger partial charge in [0.25, 0.3) is 0 Å². The molecule has 0 bridgehead atoms. The summed E-state index contributed by atoms with van der Waals surface area (Å²) in [5, 5.41) is 0. The first-order valence-corrected chi connectivity index (χ1v) is 4.90. The summed E-state index contributed by atoms with van der Waals surface area (Å²) in [4.78, 5) is 0. The van der Waals surface area contributed by atoms with Gasteiger partial charge in [-0.15, -0.1) is 0 Å². The molecule has 1 aromatic rings. The average Bonchev–Trinajstić information content (AvgIpc) is 2.21. The van der Waals surface area contributed by atoms with Crippen LogP contribution in [0.1, 0.15) is 19.4 Å². The van der Waals surface area contributed by atoms with Crippen molar-refractivity contribution in [2.45, 2.75) is 20.5 Å². The number of hydrogen-bond acceptors (Lipinski definition) is 2. The van der Waals surface area contributed by atoms with Crippen molar-refractivity contribution in [3.8, 4) is 5.75 Å². The van der Waals surface area contributed by atoms with Crippen molar-refractivity contribution in [1.29, 1.82) is 0 Å². The van der Waals surface area contributed by atoms with Gasteiger partial charge in [-0.1, -0.05) is 32.0 Å². The molecule has 13 heavy (non-hydrogen) atoms. The summed E-state index contributed by atoms with van der Waals surface area (Å²) >= 11 is 0. The molecule has 0 amide bonds. The van der Waals surface area contributed by atoms with Crippen molar-refractivity contribution in [2.75, 3.05) is 0 Å². The second-order valence-corrected chi connectivity index (χ2v) is 2.74. The molecule has 1 atom stereocenters. The zero-order chi connectivity index (χ0) is 8.81. The minimum absolute atomic E-state index is 0. The van der Waals surface area contributed by atoms with Crippen LogP contribution in [-0.4, -0.2) is 0 Å². The number of rotatable bonds is 0. The van der Waals surface area contributed by atoms with Crippen LogP contribution in [0.4, 0.5) is 0 Å². The van der Waals surface area contributed by atoms with E-state index in [2.05, 4.69) is 0 Å². The molecule has 1 aromatic carbocycles. The first-order valence-electron chi connectivity index (χ1n) is 4.08. The topological polar surface area (TPSA) is 18.5 Å². The van der Waals surface area contributed by atoms with E-state index in [1.54, 1.807) is 0 Å². The van der Waals surface area contributed by atoms with E-state index in [9.17, 15) is 0 Å². The van der Waals surface area contributed by atoms with Gasteiger partial charge in [0, 0.05) is 38.3 Å². The molecular weight excluding hydrogens is 260 g/mol. The normalized spacial score (nSPS) is 14.3. The molecule has 4 heteroatoms. The number of fused-ring (bicyclic) bond motifs is 1. The van der Waals surface area contributed by atoms with E-state index in [4.69, 9.17) is 9.05 Å². The fourth-order valence-corrected chi connectivity index (χ4v) is 1.47. The smallest absolute Gasteiger partial charge is 0.215 e. The molecule has 0 fully saturated rings. The van der Waals surface area contributed by atoms with E-state index in [-0.39, 0.29) is 41.7 Å². The van der Waals surface area contributed by atoms with Crippen LogP contribution < -0.4 is 4.52 Å². The van der Waals surface area contributed by atoms with Crippen LogP contribution in [0.3, 0.4) is 0 Å². The maximum atomic E-state index is 5.23. The summed E-state index contributed by atoms with van der Waals surface area (Å²) in [6.07, 6.45) is 0. The van der Waals surface area contributed by atoms with Gasteiger partial charge in [-0.05, 0) is 6.07 Å². The first-order chi connectivity index (χ1) is 5.97. The summed E-state index contributed by atoms with van der Waals surface area (Å²) in [7, 11) is 0.169. The van der Waals surface area contributed by atoms with Gasteiger partial charge in [-0.25, -0.2) is 0 Å². The minimum Gasteiger partial charge on any atom is -0.449 e. The van der Waals surface area contributed by atoms with E-state index in [1.165, 1.54) is 0 Å². The number of para-hydroxylation sites is 1. The quantitative estimate of drug-likeness (QED) is 0.676. The standard InChI is InChI=1S/C7H7O2P.C2H6.Y/c1-2-4-7-6(3-1)5-8-10-9-7;1-2;/h1-4,10H,5H2;1-2H3;. The third-order valence-electron chi connectivity index (χ3n) is 1.41. The summed E-state index contributed by atoms with van der Waals surface area (Å²) in [5.74, 6) is 0.965. The molecule has 0 aliphatic carbocycles. The van der Waals surface area contributed by atoms with Crippen molar-refractivity contribution >= 4 is 9.03 Å². The number of hydrogen-bond donors (Lipinski definition) is 0. The van der Waals surface area contributed by atoms with Gasteiger partial charge in [0.15, 0.2) is 0 Å². The predicted octanol–water partition coefficient (Wildman–Crippen LogP) is 3.13. The Kier molecular flexibility index (Phi) is 8.19. The Morgan fingerprint density at radius 2 is 1.92 bits per heavy atom. The largest absolute Gasteiger partial charge is 0.449 e. The van der Waals surface area contributed by atoms with Crippen molar-refractivity contribution in [3.63, 3.8) is 0 Å². The molecular formula is C9H13O2PY. The van der Waals surface area contributed by atoms with Crippen LogP contribution in [-0.2, 0) is 43.8 Å². The van der Waals surface area contributed by atoms with Crippen LogP contribution in [0, 0.1) is 0 Å². The Labute approximate surface area is 106 Å². The van der Waals surface area contributed by atoms with Gasteiger partial charge >= 0.3 is 0 Å². The predicted molar refractivity (Wildman–Crippen MR) is 51.5 cm³/mol. The monoisotopic (exact) mass is 273 g/mol. The van der Waals surface area contributed by atoms with Crippen LogP contribution in [0.5, 0.6) is 5.75 Å². The minimum atomic E-state index is 0. The second kappa shape index (κ2) is 7.88. The van der Waals surface area contributed by atoms with Gasteiger partial charge in [0.05, 0.1) is 6.61 Å². The molecule has 69 valence electrons. The Bertz CT molecular complexity index is 218. The van der Waals surface area contributed by atoms with Crippen LogP contribution in [0.25, 0.3) is 0 Å². The summed E-state index contributed by atoms with van der Waals surface area (Å²) in [5.41, 5.74) is 1.14. The SMILES string of the molecule is CC.[Y].c1ccc2c(c1)COPO2. The van der Waals surface area contributed by atoms with Gasteiger partial charge in [-0.3, -0.25) is 0 Å². The molecule has 0 aromatic heterocycles. The second-order valence-electron chi connectivity index (χ2n) is 2.08. The van der Waals surface area contributed by atoms with E-state index in [0.717, 1.165) is 11.3 Å². The van der Waals surface area contributed by atoms with Gasteiger partial charge in [-0.2, -0.15) is 0 Å². The molecule has 1 aliphatic heterocycles. The van der Waals surface area contributed by atoms with E-state index in [1.807, 2.05) is 38.1 Å². The Hall–Kier alpha value is 0.514. The molecule has 1 aliphatic rings. The maximum absolute atomic E-state index is 5.23. The molecule has 0 spiro atoms. The van der Waals surface area contributed by atoms with Gasteiger partial charge in [0.2, 0.25) is 9.03 Å². The third kappa shape index (κ3) is 4.04. The average molecular weight is 273 g/mol. The van der Waals surface area contributed by atoms with Crippen molar-refractivity contribution < 1.29 is 41.8 Å². The summed E-state index contributed by atoms with van der Waals surface area (Å²) in [6, 6.07) is 7.93. The molecule has 2 rings (SSSR count). The third-order valence-corrected chi connectivity index (χ3v) is 1.98. The zero-order valence-electron chi connectivity index (χ0n) is 7.91. The van der Waals surface area contributed by atoms with Crippen molar-refractivity contribution in [3.05, 3.63) is 29.8 Å². The zero-order valence-corrected chi connectivity index (χ0v) is 11.7. The van der Waals surface area contributed by atoms with E-state index < -0.39 is 0 Å².